The van der Waals surface area contributed by atoms with E-state index in [-0.39, 0.29) is 11.8 Å². The summed E-state index contributed by atoms with van der Waals surface area (Å²) in [5.74, 6) is 0.283. The third-order valence-corrected chi connectivity index (χ3v) is 4.25. The zero-order chi connectivity index (χ0) is 19.8. The van der Waals surface area contributed by atoms with E-state index in [1.807, 2.05) is 30.0 Å². The van der Waals surface area contributed by atoms with Gasteiger partial charge in [0, 0.05) is 24.2 Å². The monoisotopic (exact) mass is 368 g/mol. The number of anilines is 1. The van der Waals surface area contributed by atoms with Crippen LogP contribution in [-0.2, 0) is 0 Å². The topological polar surface area (TPSA) is 58.6 Å². The molecular formula is C22H28N2O3. The van der Waals surface area contributed by atoms with Crippen LogP contribution in [0.4, 0.5) is 5.69 Å². The Bertz CT molecular complexity index is 796. The standard InChI is InChI=1S/C22H28N2O3/c1-5-12-24(13-6-2)22(26)18-9-7-8-17(15-18)21(25)23-19-14-16(3)10-11-20(19)27-4/h7-11,14-15H,5-6,12-13H2,1-4H3,(H,23,25). The molecule has 0 bridgehead atoms. The van der Waals surface area contributed by atoms with E-state index in [0.717, 1.165) is 18.4 Å². The van der Waals surface area contributed by atoms with Crippen LogP contribution in [0.1, 0.15) is 53.0 Å². The van der Waals surface area contributed by atoms with Crippen LogP contribution in [0.25, 0.3) is 0 Å². The zero-order valence-electron chi connectivity index (χ0n) is 16.5. The van der Waals surface area contributed by atoms with Gasteiger partial charge in [-0.05, 0) is 55.7 Å². The number of carbonyl (C=O) groups excluding carboxylic acids is 2. The quantitative estimate of drug-likeness (QED) is 0.745. The van der Waals surface area contributed by atoms with E-state index in [1.165, 1.54) is 0 Å². The van der Waals surface area contributed by atoms with E-state index < -0.39 is 0 Å². The molecule has 0 fully saturated rings. The highest BCUT2D eigenvalue weighted by atomic mass is 16.5. The number of hydrogen-bond donors (Lipinski definition) is 1. The smallest absolute Gasteiger partial charge is 0.255 e. The maximum atomic E-state index is 12.8. The van der Waals surface area contributed by atoms with Gasteiger partial charge in [0.1, 0.15) is 5.75 Å². The number of hydrogen-bond acceptors (Lipinski definition) is 3. The molecule has 0 unspecified atom stereocenters. The third kappa shape index (κ3) is 5.33. The van der Waals surface area contributed by atoms with Gasteiger partial charge >= 0.3 is 0 Å². The summed E-state index contributed by atoms with van der Waals surface area (Å²) < 4.78 is 5.31. The zero-order valence-corrected chi connectivity index (χ0v) is 16.5. The van der Waals surface area contributed by atoms with E-state index in [0.29, 0.717) is 35.7 Å². The minimum absolute atomic E-state index is 0.0403. The van der Waals surface area contributed by atoms with Crippen molar-refractivity contribution in [3.8, 4) is 5.75 Å². The van der Waals surface area contributed by atoms with Crippen LogP contribution in [0.2, 0.25) is 0 Å². The van der Waals surface area contributed by atoms with Gasteiger partial charge in [-0.2, -0.15) is 0 Å². The molecule has 1 N–H and O–H groups in total. The maximum Gasteiger partial charge on any atom is 0.255 e. The molecule has 0 radical (unpaired) electrons. The van der Waals surface area contributed by atoms with E-state index in [1.54, 1.807) is 31.4 Å². The fraction of sp³-hybridized carbons (Fsp3) is 0.364. The Morgan fingerprint density at radius 3 is 2.30 bits per heavy atom. The molecule has 2 rings (SSSR count). The number of aryl methyl sites for hydroxylation is 1. The molecule has 2 amide bonds. The van der Waals surface area contributed by atoms with Crippen molar-refractivity contribution in [1.82, 2.24) is 4.90 Å². The molecule has 0 aliphatic heterocycles. The second-order valence-electron chi connectivity index (χ2n) is 6.53. The van der Waals surface area contributed by atoms with Crippen LogP contribution in [0.3, 0.4) is 0 Å². The molecule has 0 heterocycles. The van der Waals surface area contributed by atoms with Crippen LogP contribution < -0.4 is 10.1 Å². The van der Waals surface area contributed by atoms with Crippen molar-refractivity contribution in [3.63, 3.8) is 0 Å². The fourth-order valence-corrected chi connectivity index (χ4v) is 2.94. The Balaban J connectivity index is 2.22. The number of nitrogens with one attached hydrogen (secondary N) is 1. The highest BCUT2D eigenvalue weighted by Gasteiger charge is 2.17. The molecule has 0 saturated carbocycles. The summed E-state index contributed by atoms with van der Waals surface area (Å²) in [4.78, 5) is 27.3. The SMILES string of the molecule is CCCN(CCC)C(=O)c1cccc(C(=O)Nc2cc(C)ccc2OC)c1. The van der Waals surface area contributed by atoms with Gasteiger partial charge in [-0.1, -0.05) is 26.0 Å². The molecule has 2 aromatic rings. The summed E-state index contributed by atoms with van der Waals surface area (Å²) >= 11 is 0. The Morgan fingerprint density at radius 2 is 1.67 bits per heavy atom. The fourth-order valence-electron chi connectivity index (χ4n) is 2.94. The lowest BCUT2D eigenvalue weighted by Crippen LogP contribution is -2.32. The Kier molecular flexibility index (Phi) is 7.41. The molecule has 5 heteroatoms. The lowest BCUT2D eigenvalue weighted by molar-refractivity contribution is 0.0755. The van der Waals surface area contributed by atoms with Gasteiger partial charge in [0.05, 0.1) is 12.8 Å². The predicted octanol–water partition coefficient (Wildman–Crippen LogP) is 4.52. The first-order chi connectivity index (χ1) is 13.0. The second-order valence-corrected chi connectivity index (χ2v) is 6.53. The Morgan fingerprint density at radius 1 is 1.00 bits per heavy atom. The van der Waals surface area contributed by atoms with Gasteiger partial charge in [0.2, 0.25) is 0 Å². The number of ether oxygens (including phenoxy) is 1. The molecule has 0 spiro atoms. The van der Waals surface area contributed by atoms with Crippen molar-refractivity contribution in [3.05, 3.63) is 59.2 Å². The molecular weight excluding hydrogens is 340 g/mol. The van der Waals surface area contributed by atoms with Gasteiger partial charge in [0.25, 0.3) is 11.8 Å². The van der Waals surface area contributed by atoms with Crippen LogP contribution in [0.15, 0.2) is 42.5 Å². The van der Waals surface area contributed by atoms with Crippen molar-refractivity contribution in [2.75, 3.05) is 25.5 Å². The molecule has 144 valence electrons. The van der Waals surface area contributed by atoms with Crippen molar-refractivity contribution >= 4 is 17.5 Å². The number of nitrogens with zero attached hydrogens (tertiary/aromatic N) is 1. The normalized spacial score (nSPS) is 10.4. The van der Waals surface area contributed by atoms with E-state index in [4.69, 9.17) is 4.74 Å². The summed E-state index contributed by atoms with van der Waals surface area (Å²) in [6.07, 6.45) is 1.80. The van der Waals surface area contributed by atoms with E-state index >= 15 is 0 Å². The highest BCUT2D eigenvalue weighted by molar-refractivity contribution is 6.06. The first-order valence-corrected chi connectivity index (χ1v) is 9.35. The molecule has 5 nitrogen and oxygen atoms in total. The molecule has 2 aromatic carbocycles. The molecule has 27 heavy (non-hydrogen) atoms. The summed E-state index contributed by atoms with van der Waals surface area (Å²) in [5, 5.41) is 2.88. The molecule has 0 aromatic heterocycles. The largest absolute Gasteiger partial charge is 0.495 e. The minimum Gasteiger partial charge on any atom is -0.495 e. The summed E-state index contributed by atoms with van der Waals surface area (Å²) in [6.45, 7) is 7.47. The lowest BCUT2D eigenvalue weighted by Gasteiger charge is -2.21. The molecule has 0 atom stereocenters. The number of carbonyl (C=O) groups is 2. The second kappa shape index (κ2) is 9.76. The average Bonchev–Trinajstić information content (AvgIpc) is 2.67. The Hall–Kier alpha value is -2.82. The summed E-state index contributed by atoms with van der Waals surface area (Å²) in [7, 11) is 1.57. The van der Waals surface area contributed by atoms with Crippen molar-refractivity contribution in [2.24, 2.45) is 0 Å². The first-order valence-electron chi connectivity index (χ1n) is 9.35. The van der Waals surface area contributed by atoms with E-state index in [9.17, 15) is 9.59 Å². The van der Waals surface area contributed by atoms with Crippen LogP contribution in [0, 0.1) is 6.92 Å². The first kappa shape index (κ1) is 20.5. The predicted molar refractivity (Wildman–Crippen MR) is 109 cm³/mol. The van der Waals surface area contributed by atoms with Crippen LogP contribution in [-0.4, -0.2) is 36.9 Å². The van der Waals surface area contributed by atoms with Crippen molar-refractivity contribution in [2.45, 2.75) is 33.6 Å². The van der Waals surface area contributed by atoms with Crippen molar-refractivity contribution < 1.29 is 14.3 Å². The van der Waals surface area contributed by atoms with Gasteiger partial charge in [-0.25, -0.2) is 0 Å². The number of methoxy groups -OCH3 is 1. The van der Waals surface area contributed by atoms with E-state index in [2.05, 4.69) is 19.2 Å². The molecule has 0 saturated heterocycles. The van der Waals surface area contributed by atoms with Gasteiger partial charge in [-0.15, -0.1) is 0 Å². The van der Waals surface area contributed by atoms with Crippen LogP contribution in [0.5, 0.6) is 5.75 Å². The summed E-state index contributed by atoms with van der Waals surface area (Å²) in [6, 6.07) is 12.4. The summed E-state index contributed by atoms with van der Waals surface area (Å²) in [5.41, 5.74) is 2.60. The minimum atomic E-state index is -0.272. The van der Waals surface area contributed by atoms with Crippen LogP contribution >= 0.6 is 0 Å². The average molecular weight is 368 g/mol. The van der Waals surface area contributed by atoms with Gasteiger partial charge < -0.3 is 15.0 Å². The number of rotatable bonds is 8. The molecule has 0 aliphatic carbocycles. The molecule has 0 aliphatic rings. The van der Waals surface area contributed by atoms with Gasteiger partial charge in [-0.3, -0.25) is 9.59 Å². The van der Waals surface area contributed by atoms with Gasteiger partial charge in [0.15, 0.2) is 0 Å². The highest BCUT2D eigenvalue weighted by Crippen LogP contribution is 2.25. The third-order valence-electron chi connectivity index (χ3n) is 4.25. The maximum absolute atomic E-state index is 12.8. The number of benzene rings is 2. The Labute approximate surface area is 161 Å². The number of amides is 2. The van der Waals surface area contributed by atoms with Crippen molar-refractivity contribution in [1.29, 1.82) is 0 Å². The lowest BCUT2D eigenvalue weighted by atomic mass is 10.1.